The zero-order valence-corrected chi connectivity index (χ0v) is 11.3. The van der Waals surface area contributed by atoms with Crippen LogP contribution in [0.2, 0.25) is 0 Å². The van der Waals surface area contributed by atoms with E-state index in [0.29, 0.717) is 6.04 Å². The Kier molecular flexibility index (Phi) is 3.95. The smallest absolute Gasteiger partial charge is 0.255 e. The zero-order valence-electron chi connectivity index (χ0n) is 11.3. The molecule has 0 bridgehead atoms. The van der Waals surface area contributed by atoms with Gasteiger partial charge in [-0.3, -0.25) is 4.79 Å². The molecular weight excluding hydrogens is 244 g/mol. The lowest BCUT2D eigenvalue weighted by atomic mass is 9.98. The van der Waals surface area contributed by atoms with E-state index in [-0.39, 0.29) is 29.0 Å². The van der Waals surface area contributed by atoms with Crippen molar-refractivity contribution in [2.75, 3.05) is 13.6 Å². The zero-order chi connectivity index (χ0) is 14.0. The van der Waals surface area contributed by atoms with Gasteiger partial charge < -0.3 is 20.4 Å². The molecule has 2 unspecified atom stereocenters. The molecule has 1 fully saturated rings. The van der Waals surface area contributed by atoms with Gasteiger partial charge in [0.15, 0.2) is 11.5 Å². The Morgan fingerprint density at radius 2 is 2.16 bits per heavy atom. The number of para-hydroxylation sites is 1. The molecule has 0 spiro atoms. The van der Waals surface area contributed by atoms with Crippen LogP contribution in [0.5, 0.6) is 11.5 Å². The Labute approximate surface area is 112 Å². The first-order valence-corrected chi connectivity index (χ1v) is 6.51. The SMILES string of the molecule is CC1CC(NC(=O)c2cccc(O)c2O)CCN1C. The molecule has 0 aliphatic carbocycles. The molecule has 1 heterocycles. The van der Waals surface area contributed by atoms with Crippen LogP contribution >= 0.6 is 0 Å². The molecule has 1 aromatic rings. The van der Waals surface area contributed by atoms with Crippen LogP contribution in [0.3, 0.4) is 0 Å². The van der Waals surface area contributed by atoms with Gasteiger partial charge in [0.2, 0.25) is 0 Å². The van der Waals surface area contributed by atoms with Crippen LogP contribution in [0.15, 0.2) is 18.2 Å². The summed E-state index contributed by atoms with van der Waals surface area (Å²) >= 11 is 0. The van der Waals surface area contributed by atoms with Gasteiger partial charge in [-0.05, 0) is 38.9 Å². The van der Waals surface area contributed by atoms with Crippen LogP contribution < -0.4 is 5.32 Å². The molecular formula is C14H20N2O3. The Morgan fingerprint density at radius 3 is 2.84 bits per heavy atom. The van der Waals surface area contributed by atoms with Gasteiger partial charge in [0.25, 0.3) is 5.91 Å². The van der Waals surface area contributed by atoms with Gasteiger partial charge in [0.05, 0.1) is 5.56 Å². The maximum atomic E-state index is 12.1. The highest BCUT2D eigenvalue weighted by Crippen LogP contribution is 2.28. The van der Waals surface area contributed by atoms with E-state index in [2.05, 4.69) is 24.2 Å². The number of piperidine rings is 1. The first-order chi connectivity index (χ1) is 8.99. The quantitative estimate of drug-likeness (QED) is 0.704. The third-order valence-corrected chi connectivity index (χ3v) is 3.80. The standard InChI is InChI=1S/C14H20N2O3/c1-9-8-10(6-7-16(9)2)15-14(19)11-4-3-5-12(17)13(11)18/h3-5,9-10,17-18H,6-8H2,1-2H3,(H,15,19). The van der Waals surface area contributed by atoms with Gasteiger partial charge in [-0.15, -0.1) is 0 Å². The molecule has 19 heavy (non-hydrogen) atoms. The highest BCUT2D eigenvalue weighted by Gasteiger charge is 2.25. The summed E-state index contributed by atoms with van der Waals surface area (Å²) in [6.45, 7) is 3.07. The van der Waals surface area contributed by atoms with E-state index in [1.165, 1.54) is 12.1 Å². The van der Waals surface area contributed by atoms with Crippen LogP contribution in [0.4, 0.5) is 0 Å². The largest absolute Gasteiger partial charge is 0.504 e. The minimum absolute atomic E-state index is 0.112. The number of likely N-dealkylation sites (tertiary alicyclic amines) is 1. The van der Waals surface area contributed by atoms with Gasteiger partial charge in [0, 0.05) is 18.6 Å². The molecule has 5 nitrogen and oxygen atoms in total. The van der Waals surface area contributed by atoms with Gasteiger partial charge >= 0.3 is 0 Å². The molecule has 2 atom stereocenters. The second-order valence-corrected chi connectivity index (χ2v) is 5.20. The topological polar surface area (TPSA) is 72.8 Å². The van der Waals surface area contributed by atoms with Crippen LogP contribution in [-0.2, 0) is 0 Å². The molecule has 1 amide bonds. The number of benzene rings is 1. The highest BCUT2D eigenvalue weighted by molar-refractivity contribution is 5.97. The van der Waals surface area contributed by atoms with Crippen molar-refractivity contribution in [3.8, 4) is 11.5 Å². The van der Waals surface area contributed by atoms with Gasteiger partial charge in [0.1, 0.15) is 0 Å². The summed E-state index contributed by atoms with van der Waals surface area (Å²) in [5.41, 5.74) is 0.117. The fraction of sp³-hybridized carbons (Fsp3) is 0.500. The van der Waals surface area contributed by atoms with Crippen molar-refractivity contribution < 1.29 is 15.0 Å². The fourth-order valence-electron chi connectivity index (χ4n) is 2.40. The summed E-state index contributed by atoms with van der Waals surface area (Å²) in [6, 6.07) is 4.94. The van der Waals surface area contributed by atoms with Crippen LogP contribution in [0, 0.1) is 0 Å². The third kappa shape index (κ3) is 2.98. The molecule has 2 rings (SSSR count). The van der Waals surface area contributed by atoms with Crippen molar-refractivity contribution in [2.24, 2.45) is 0 Å². The fourth-order valence-corrected chi connectivity index (χ4v) is 2.40. The maximum Gasteiger partial charge on any atom is 0.255 e. The molecule has 0 saturated carbocycles. The van der Waals surface area contributed by atoms with E-state index in [4.69, 9.17) is 0 Å². The molecule has 3 N–H and O–H groups in total. The molecule has 104 valence electrons. The Balaban J connectivity index is 2.03. The number of nitrogens with one attached hydrogen (secondary N) is 1. The summed E-state index contributed by atoms with van der Waals surface area (Å²) in [6.07, 6.45) is 1.79. The highest BCUT2D eigenvalue weighted by atomic mass is 16.3. The number of hydrogen-bond donors (Lipinski definition) is 3. The number of carbonyl (C=O) groups excluding carboxylic acids is 1. The second-order valence-electron chi connectivity index (χ2n) is 5.20. The summed E-state index contributed by atoms with van der Waals surface area (Å²) in [4.78, 5) is 14.3. The van der Waals surface area contributed by atoms with Crippen LogP contribution in [0.25, 0.3) is 0 Å². The molecule has 1 aliphatic heterocycles. The van der Waals surface area contributed by atoms with Gasteiger partial charge in [-0.1, -0.05) is 6.07 Å². The number of hydrogen-bond acceptors (Lipinski definition) is 4. The average molecular weight is 264 g/mol. The Morgan fingerprint density at radius 1 is 1.42 bits per heavy atom. The maximum absolute atomic E-state index is 12.1. The number of aromatic hydroxyl groups is 2. The lowest BCUT2D eigenvalue weighted by Crippen LogP contribution is -2.47. The number of rotatable bonds is 2. The van der Waals surface area contributed by atoms with Crippen molar-refractivity contribution >= 4 is 5.91 Å². The minimum atomic E-state index is -0.360. The number of nitrogens with zero attached hydrogens (tertiary/aromatic N) is 1. The number of carbonyl (C=O) groups is 1. The average Bonchev–Trinajstić information content (AvgIpc) is 2.37. The molecule has 1 aliphatic rings. The van der Waals surface area contributed by atoms with Crippen LogP contribution in [-0.4, -0.2) is 46.7 Å². The lowest BCUT2D eigenvalue weighted by molar-refractivity contribution is 0.0893. The molecule has 1 aromatic carbocycles. The van der Waals surface area contributed by atoms with Crippen molar-refractivity contribution in [3.05, 3.63) is 23.8 Å². The first-order valence-electron chi connectivity index (χ1n) is 6.51. The summed E-state index contributed by atoms with van der Waals surface area (Å²) in [7, 11) is 2.07. The lowest BCUT2D eigenvalue weighted by Gasteiger charge is -2.35. The summed E-state index contributed by atoms with van der Waals surface area (Å²) in [5, 5.41) is 22.0. The first kappa shape index (κ1) is 13.7. The van der Waals surface area contributed by atoms with Crippen LogP contribution in [0.1, 0.15) is 30.1 Å². The van der Waals surface area contributed by atoms with E-state index in [0.717, 1.165) is 19.4 Å². The summed E-state index contributed by atoms with van der Waals surface area (Å²) < 4.78 is 0. The number of phenolic OH excluding ortho intramolecular Hbond substituents is 2. The van der Waals surface area contributed by atoms with E-state index >= 15 is 0 Å². The monoisotopic (exact) mass is 264 g/mol. The van der Waals surface area contributed by atoms with E-state index in [9.17, 15) is 15.0 Å². The van der Waals surface area contributed by atoms with Crippen molar-refractivity contribution in [3.63, 3.8) is 0 Å². The van der Waals surface area contributed by atoms with Gasteiger partial charge in [-0.2, -0.15) is 0 Å². The van der Waals surface area contributed by atoms with Crippen molar-refractivity contribution in [2.45, 2.75) is 31.8 Å². The molecule has 1 saturated heterocycles. The van der Waals surface area contributed by atoms with E-state index in [1.54, 1.807) is 6.07 Å². The van der Waals surface area contributed by atoms with E-state index < -0.39 is 0 Å². The normalized spacial score (nSPS) is 24.1. The number of phenols is 2. The Hall–Kier alpha value is -1.75. The molecule has 5 heteroatoms. The second kappa shape index (κ2) is 5.48. The Bertz CT molecular complexity index is 476. The molecule has 0 radical (unpaired) electrons. The predicted molar refractivity (Wildman–Crippen MR) is 72.4 cm³/mol. The van der Waals surface area contributed by atoms with E-state index in [1.807, 2.05) is 0 Å². The third-order valence-electron chi connectivity index (χ3n) is 3.80. The predicted octanol–water partition coefficient (Wildman–Crippen LogP) is 1.31. The number of amides is 1. The van der Waals surface area contributed by atoms with Crippen molar-refractivity contribution in [1.29, 1.82) is 0 Å². The summed E-state index contributed by atoms with van der Waals surface area (Å²) in [5.74, 6) is -0.972. The van der Waals surface area contributed by atoms with Gasteiger partial charge in [-0.25, -0.2) is 0 Å². The minimum Gasteiger partial charge on any atom is -0.504 e. The molecule has 0 aromatic heterocycles. The van der Waals surface area contributed by atoms with Crippen molar-refractivity contribution in [1.82, 2.24) is 10.2 Å².